The van der Waals surface area contributed by atoms with Gasteiger partial charge in [0.2, 0.25) is 0 Å². The van der Waals surface area contributed by atoms with Gasteiger partial charge < -0.3 is 0 Å². The van der Waals surface area contributed by atoms with Crippen molar-refractivity contribution in [1.29, 1.82) is 0 Å². The van der Waals surface area contributed by atoms with Gasteiger partial charge in [-0.25, -0.2) is 15.0 Å². The maximum absolute atomic E-state index is 5.77. The van der Waals surface area contributed by atoms with Crippen LogP contribution in [0.5, 0.6) is 0 Å². The Labute approximate surface area is 560 Å². The van der Waals surface area contributed by atoms with Gasteiger partial charge in [0.1, 0.15) is 0 Å². The van der Waals surface area contributed by atoms with E-state index in [4.69, 9.17) is 15.0 Å². The van der Waals surface area contributed by atoms with Crippen LogP contribution >= 0.6 is 0 Å². The van der Waals surface area contributed by atoms with Crippen molar-refractivity contribution < 1.29 is 0 Å². The zero-order valence-corrected chi connectivity index (χ0v) is 53.9. The van der Waals surface area contributed by atoms with Crippen LogP contribution in [0, 0.1) is 0 Å². The van der Waals surface area contributed by atoms with Crippen LogP contribution in [0.25, 0.3) is 167 Å². The minimum atomic E-state index is -0.208. The molecule has 2 heterocycles. The number of nitrogens with zero attached hydrogens (tertiary/aromatic N) is 3. The van der Waals surface area contributed by atoms with Crippen molar-refractivity contribution in [2.45, 2.75) is 38.5 Å². The molecule has 2 aliphatic rings. The zero-order chi connectivity index (χ0) is 64.2. The summed E-state index contributed by atoms with van der Waals surface area (Å²) >= 11 is 0. The minimum absolute atomic E-state index is 0.175. The fourth-order valence-electron chi connectivity index (χ4n) is 15.6. The van der Waals surface area contributed by atoms with Gasteiger partial charge in [-0.05, 0) is 177 Å². The summed E-state index contributed by atoms with van der Waals surface area (Å²) in [5.74, 6) is 0.659. The SMILES string of the molecule is CC1(C)c2ccccc2-c2ccc(-c3cc(-c4ccc5c(c4)C(C)(C)c4ccccc4-5)c4nc(-c5ccc(-c6ccc7cc(-c8ccccc8)c(-c8ccccc8)nc7c6)cc5)nc(-c5ccc(-c6ccc7c(-c8ccccc8)cc(-c8ccccc8)cc7c6)cc5)c4c3)cc21. The molecule has 0 bridgehead atoms. The zero-order valence-electron chi connectivity index (χ0n) is 53.9. The third-order valence-corrected chi connectivity index (χ3v) is 20.7. The summed E-state index contributed by atoms with van der Waals surface area (Å²) in [6.45, 7) is 9.47. The van der Waals surface area contributed by atoms with Crippen LogP contribution in [0.3, 0.4) is 0 Å². The van der Waals surface area contributed by atoms with Crippen molar-refractivity contribution in [2.24, 2.45) is 0 Å². The highest BCUT2D eigenvalue weighted by molar-refractivity contribution is 6.06. The second-order valence-corrected chi connectivity index (χ2v) is 27.0. The number of benzene rings is 14. The van der Waals surface area contributed by atoms with Gasteiger partial charge in [0.15, 0.2) is 5.82 Å². The third kappa shape index (κ3) is 9.52. The number of rotatable bonds is 10. The Morgan fingerprint density at radius 1 is 0.208 bits per heavy atom. The first-order chi connectivity index (χ1) is 47.1. The lowest BCUT2D eigenvalue weighted by molar-refractivity contribution is 0.660. The van der Waals surface area contributed by atoms with E-state index >= 15 is 0 Å². The van der Waals surface area contributed by atoms with Gasteiger partial charge >= 0.3 is 0 Å². The standard InChI is InChI=1S/C93H65N3/c1-92(2)83-31-19-17-29-75(83)77-47-44-67(55-85(77)92)72-53-81(69-45-48-78-76-30-18-20-32-84(76)93(3,4)86(78)56-69)90-82(54-72)89(64-37-33-59(34-38-64)66-43-46-74-73(49-66)50-71(58-21-9-5-10-22-58)52-79(74)61-23-11-6-12-24-61)95-91(96-90)65-39-35-60(36-40-65)68-41-42-70-51-80(62-25-13-7-14-26-62)88(94-87(70)57-68)63-27-15-8-16-28-63/h5-57H,1-4H3. The van der Waals surface area contributed by atoms with Crippen LogP contribution in [-0.4, -0.2) is 15.0 Å². The fraction of sp³-hybridized carbons (Fsp3) is 0.0645. The molecule has 0 amide bonds. The molecule has 96 heavy (non-hydrogen) atoms. The Hall–Kier alpha value is -11.9. The van der Waals surface area contributed by atoms with Crippen molar-refractivity contribution in [3.05, 3.63) is 344 Å². The van der Waals surface area contributed by atoms with Crippen molar-refractivity contribution in [1.82, 2.24) is 15.0 Å². The van der Waals surface area contributed by atoms with Gasteiger partial charge in [0.25, 0.3) is 0 Å². The van der Waals surface area contributed by atoms with E-state index in [-0.39, 0.29) is 10.8 Å². The first-order valence-corrected chi connectivity index (χ1v) is 33.4. The lowest BCUT2D eigenvalue weighted by atomic mass is 9.81. The highest BCUT2D eigenvalue weighted by Crippen LogP contribution is 2.53. The molecule has 2 aliphatic carbocycles. The molecule has 14 aromatic carbocycles. The molecule has 452 valence electrons. The van der Waals surface area contributed by atoms with Crippen LogP contribution in [0.1, 0.15) is 49.9 Å². The van der Waals surface area contributed by atoms with E-state index in [9.17, 15) is 0 Å². The Morgan fingerprint density at radius 3 is 1.27 bits per heavy atom. The first-order valence-electron chi connectivity index (χ1n) is 33.4. The molecular weight excluding hydrogens is 1160 g/mol. The summed E-state index contributed by atoms with van der Waals surface area (Å²) in [4.78, 5) is 16.9. The van der Waals surface area contributed by atoms with Crippen molar-refractivity contribution in [2.75, 3.05) is 0 Å². The average molecular weight is 1220 g/mol. The third-order valence-electron chi connectivity index (χ3n) is 20.7. The molecule has 3 heteroatoms. The quantitative estimate of drug-likeness (QED) is 0.137. The number of hydrogen-bond acceptors (Lipinski definition) is 3. The largest absolute Gasteiger partial charge is 0.247 e. The van der Waals surface area contributed by atoms with E-state index in [1.54, 1.807) is 0 Å². The maximum atomic E-state index is 5.77. The molecule has 0 aliphatic heterocycles. The maximum Gasteiger partial charge on any atom is 0.160 e. The lowest BCUT2D eigenvalue weighted by Gasteiger charge is -2.23. The highest BCUT2D eigenvalue weighted by Gasteiger charge is 2.37. The van der Waals surface area contributed by atoms with E-state index in [0.717, 1.165) is 106 Å². The van der Waals surface area contributed by atoms with E-state index in [1.165, 1.54) is 77.5 Å². The summed E-state index contributed by atoms with van der Waals surface area (Å²) in [6.07, 6.45) is 0. The van der Waals surface area contributed by atoms with E-state index in [1.807, 2.05) is 0 Å². The average Bonchev–Trinajstić information content (AvgIpc) is 1.50. The molecule has 0 saturated heterocycles. The molecule has 0 radical (unpaired) electrons. The summed E-state index contributed by atoms with van der Waals surface area (Å²) in [5, 5.41) is 4.49. The Bertz CT molecular complexity index is 5770. The molecule has 0 fully saturated rings. The Kier molecular flexibility index (Phi) is 13.3. The van der Waals surface area contributed by atoms with Crippen molar-refractivity contribution in [3.8, 4) is 134 Å². The summed E-state index contributed by atoms with van der Waals surface area (Å²) in [6, 6.07) is 118. The normalized spacial score (nSPS) is 13.2. The van der Waals surface area contributed by atoms with Crippen LogP contribution in [-0.2, 0) is 10.8 Å². The molecule has 3 nitrogen and oxygen atoms in total. The fourth-order valence-corrected chi connectivity index (χ4v) is 15.6. The molecule has 0 atom stereocenters. The molecule has 0 N–H and O–H groups in total. The monoisotopic (exact) mass is 1220 g/mol. The number of hydrogen-bond donors (Lipinski definition) is 0. The van der Waals surface area contributed by atoms with Crippen LogP contribution in [0.2, 0.25) is 0 Å². The Morgan fingerprint density at radius 2 is 0.635 bits per heavy atom. The Balaban J connectivity index is 0.809. The van der Waals surface area contributed by atoms with Gasteiger partial charge in [-0.1, -0.05) is 295 Å². The van der Waals surface area contributed by atoms with Gasteiger partial charge in [0.05, 0.1) is 22.4 Å². The number of pyridine rings is 1. The van der Waals surface area contributed by atoms with Crippen LogP contribution < -0.4 is 0 Å². The summed E-state index contributed by atoms with van der Waals surface area (Å²) < 4.78 is 0. The van der Waals surface area contributed by atoms with Crippen molar-refractivity contribution >= 4 is 32.6 Å². The van der Waals surface area contributed by atoms with Gasteiger partial charge in [-0.2, -0.15) is 0 Å². The molecule has 0 saturated carbocycles. The summed E-state index contributed by atoms with van der Waals surface area (Å²) in [7, 11) is 0. The second-order valence-electron chi connectivity index (χ2n) is 27.0. The second kappa shape index (κ2) is 22.4. The lowest BCUT2D eigenvalue weighted by Crippen LogP contribution is -2.15. The molecule has 16 aromatic rings. The molecular formula is C93H65N3. The predicted octanol–water partition coefficient (Wildman–Crippen LogP) is 24.6. The van der Waals surface area contributed by atoms with E-state index in [2.05, 4.69) is 349 Å². The number of fused-ring (bicyclic) bond motifs is 9. The first kappa shape index (κ1) is 56.8. The minimum Gasteiger partial charge on any atom is -0.247 e. The van der Waals surface area contributed by atoms with Crippen molar-refractivity contribution in [3.63, 3.8) is 0 Å². The van der Waals surface area contributed by atoms with E-state index in [0.29, 0.717) is 5.82 Å². The highest BCUT2D eigenvalue weighted by atomic mass is 14.9. The number of aromatic nitrogens is 3. The van der Waals surface area contributed by atoms with Gasteiger partial charge in [-0.15, -0.1) is 0 Å². The molecule has 0 spiro atoms. The molecule has 2 aromatic heterocycles. The van der Waals surface area contributed by atoms with Crippen LogP contribution in [0.4, 0.5) is 0 Å². The van der Waals surface area contributed by atoms with E-state index < -0.39 is 0 Å². The van der Waals surface area contributed by atoms with Gasteiger partial charge in [-0.3, -0.25) is 0 Å². The van der Waals surface area contributed by atoms with Gasteiger partial charge in [0, 0.05) is 49.4 Å². The summed E-state index contributed by atoms with van der Waals surface area (Å²) in [5.41, 5.74) is 32.8. The van der Waals surface area contributed by atoms with Crippen LogP contribution in [0.15, 0.2) is 322 Å². The predicted molar refractivity (Wildman–Crippen MR) is 402 cm³/mol. The molecule has 0 unspecified atom stereocenters. The smallest absolute Gasteiger partial charge is 0.160 e. The molecule has 18 rings (SSSR count). The topological polar surface area (TPSA) is 38.7 Å².